The van der Waals surface area contributed by atoms with Gasteiger partial charge in [0.2, 0.25) is 0 Å². The number of hydrogen-bond donors (Lipinski definition) is 0. The molecule has 1 unspecified atom stereocenters. The molecule has 2 saturated heterocycles. The number of carbonyl (C=O) groups excluding carboxylic acids is 4. The Balaban J connectivity index is 0.000000272. The van der Waals surface area contributed by atoms with Crippen molar-refractivity contribution in [2.45, 2.75) is 71.6 Å². The molecule has 0 aliphatic carbocycles. The van der Waals surface area contributed by atoms with Crippen molar-refractivity contribution in [3.63, 3.8) is 0 Å². The van der Waals surface area contributed by atoms with Crippen LogP contribution in [0.15, 0.2) is 18.2 Å². The highest BCUT2D eigenvalue weighted by Gasteiger charge is 2.35. The molecule has 0 N–H and O–H groups in total. The van der Waals surface area contributed by atoms with Crippen molar-refractivity contribution in [2.24, 2.45) is 0 Å². The van der Waals surface area contributed by atoms with E-state index in [0.29, 0.717) is 44.8 Å². The standard InChI is InChI=1S/C19H26N2O5.C9H15NO3/c1-19(2,3)26-18(23)20-8-7-14(12-20)21-9-10-25-16-6-5-13(11-15(16)21)17(22)24-4;1-9(2,3)13-8(12)10-5-4-7(11)6-10/h5-6,11,14H,7-10,12H2,1-4H3;4-6H2,1-3H3. The highest BCUT2D eigenvalue weighted by atomic mass is 16.6. The van der Waals surface area contributed by atoms with Crippen molar-refractivity contribution in [2.75, 3.05) is 51.3 Å². The molecule has 2 amide bonds. The smallest absolute Gasteiger partial charge is 0.410 e. The normalized spacial score (nSPS) is 19.0. The molecule has 0 saturated carbocycles. The van der Waals surface area contributed by atoms with Crippen LogP contribution in [0.2, 0.25) is 0 Å². The van der Waals surface area contributed by atoms with Crippen LogP contribution < -0.4 is 9.64 Å². The number of rotatable bonds is 2. The lowest BCUT2D eigenvalue weighted by Gasteiger charge is -2.36. The Kier molecular flexibility index (Phi) is 9.34. The van der Waals surface area contributed by atoms with Crippen LogP contribution in [0.1, 0.15) is 64.7 Å². The quantitative estimate of drug-likeness (QED) is 0.402. The van der Waals surface area contributed by atoms with Gasteiger partial charge in [0.25, 0.3) is 0 Å². The molecule has 39 heavy (non-hydrogen) atoms. The van der Waals surface area contributed by atoms with Crippen molar-refractivity contribution in [3.8, 4) is 5.75 Å². The van der Waals surface area contributed by atoms with E-state index >= 15 is 0 Å². The van der Waals surface area contributed by atoms with Crippen LogP contribution in [0.4, 0.5) is 15.3 Å². The van der Waals surface area contributed by atoms with Gasteiger partial charge in [-0.3, -0.25) is 4.79 Å². The summed E-state index contributed by atoms with van der Waals surface area (Å²) >= 11 is 0. The second kappa shape index (κ2) is 12.1. The molecule has 2 fully saturated rings. The second-order valence-corrected chi connectivity index (χ2v) is 11.8. The zero-order valence-corrected chi connectivity index (χ0v) is 24.1. The van der Waals surface area contributed by atoms with Gasteiger partial charge in [-0.05, 0) is 66.2 Å². The molecule has 1 aromatic rings. The molecule has 0 aromatic heterocycles. The predicted octanol–water partition coefficient (Wildman–Crippen LogP) is 3.88. The van der Waals surface area contributed by atoms with Gasteiger partial charge in [0.15, 0.2) is 5.78 Å². The first kappa shape index (κ1) is 30.0. The summed E-state index contributed by atoms with van der Waals surface area (Å²) in [5.41, 5.74) is 0.373. The maximum absolute atomic E-state index is 12.3. The first-order valence-electron chi connectivity index (χ1n) is 13.3. The maximum Gasteiger partial charge on any atom is 0.410 e. The van der Waals surface area contributed by atoms with Crippen LogP contribution in [0.25, 0.3) is 0 Å². The molecule has 0 radical (unpaired) electrons. The lowest BCUT2D eigenvalue weighted by molar-refractivity contribution is -0.117. The lowest BCUT2D eigenvalue weighted by Crippen LogP contribution is -2.44. The molecule has 3 aliphatic heterocycles. The number of likely N-dealkylation sites (tertiary alicyclic amines) is 2. The van der Waals surface area contributed by atoms with E-state index in [1.54, 1.807) is 23.1 Å². The first-order chi connectivity index (χ1) is 18.2. The van der Waals surface area contributed by atoms with Gasteiger partial charge in [-0.15, -0.1) is 0 Å². The largest absolute Gasteiger partial charge is 0.490 e. The van der Waals surface area contributed by atoms with E-state index in [1.165, 1.54) is 12.0 Å². The van der Waals surface area contributed by atoms with Gasteiger partial charge in [-0.25, -0.2) is 14.4 Å². The van der Waals surface area contributed by atoms with E-state index in [1.807, 2.05) is 41.5 Å². The average Bonchev–Trinajstić information content (AvgIpc) is 3.51. The summed E-state index contributed by atoms with van der Waals surface area (Å²) in [4.78, 5) is 51.8. The molecule has 1 atom stereocenters. The molecule has 3 aliphatic rings. The van der Waals surface area contributed by atoms with Crippen LogP contribution in [0, 0.1) is 0 Å². The van der Waals surface area contributed by atoms with Gasteiger partial charge in [0.1, 0.15) is 23.6 Å². The third-order valence-corrected chi connectivity index (χ3v) is 6.21. The third kappa shape index (κ3) is 8.49. The maximum atomic E-state index is 12.3. The third-order valence-electron chi connectivity index (χ3n) is 6.21. The summed E-state index contributed by atoms with van der Waals surface area (Å²) in [5, 5.41) is 0. The van der Waals surface area contributed by atoms with E-state index in [2.05, 4.69) is 4.90 Å². The van der Waals surface area contributed by atoms with Crippen molar-refractivity contribution < 1.29 is 38.1 Å². The molecule has 11 heteroatoms. The van der Waals surface area contributed by atoms with Crippen molar-refractivity contribution in [1.82, 2.24) is 9.80 Å². The summed E-state index contributed by atoms with van der Waals surface area (Å²) in [6.45, 7) is 14.3. The Morgan fingerprint density at radius 1 is 0.923 bits per heavy atom. The van der Waals surface area contributed by atoms with Crippen LogP contribution in [-0.2, 0) is 19.0 Å². The minimum atomic E-state index is -0.504. The number of hydrogen-bond acceptors (Lipinski definition) is 9. The highest BCUT2D eigenvalue weighted by Crippen LogP contribution is 2.36. The van der Waals surface area contributed by atoms with E-state index < -0.39 is 17.3 Å². The molecule has 1 aromatic carbocycles. The van der Waals surface area contributed by atoms with Gasteiger partial charge >= 0.3 is 18.2 Å². The number of ether oxygens (including phenoxy) is 4. The predicted molar refractivity (Wildman–Crippen MR) is 144 cm³/mol. The fourth-order valence-corrected chi connectivity index (χ4v) is 4.46. The molecule has 216 valence electrons. The summed E-state index contributed by atoms with van der Waals surface area (Å²) in [6, 6.07) is 5.47. The summed E-state index contributed by atoms with van der Waals surface area (Å²) < 4.78 is 21.1. The zero-order chi connectivity index (χ0) is 29.0. The Morgan fingerprint density at radius 2 is 1.56 bits per heavy atom. The molecule has 0 bridgehead atoms. The van der Waals surface area contributed by atoms with Gasteiger partial charge in [-0.1, -0.05) is 0 Å². The Labute approximate surface area is 230 Å². The number of carbonyl (C=O) groups is 4. The van der Waals surface area contributed by atoms with E-state index in [0.717, 1.165) is 17.9 Å². The van der Waals surface area contributed by atoms with E-state index in [4.69, 9.17) is 18.9 Å². The number of anilines is 1. The fourth-order valence-electron chi connectivity index (χ4n) is 4.46. The summed E-state index contributed by atoms with van der Waals surface area (Å²) in [5.74, 6) is 0.477. The van der Waals surface area contributed by atoms with Crippen LogP contribution in [0.5, 0.6) is 5.75 Å². The monoisotopic (exact) mass is 547 g/mol. The minimum Gasteiger partial charge on any atom is -0.490 e. The van der Waals surface area contributed by atoms with Crippen LogP contribution in [0.3, 0.4) is 0 Å². The SMILES string of the molecule is CC(C)(C)OC(=O)N1CCC(=O)C1.COC(=O)c1ccc2c(c1)N(C1CCN(C(=O)OC(C)(C)C)C1)CCO2. The lowest BCUT2D eigenvalue weighted by atomic mass is 10.1. The van der Waals surface area contributed by atoms with Crippen molar-refractivity contribution >= 4 is 29.6 Å². The first-order valence-corrected chi connectivity index (χ1v) is 13.3. The van der Waals surface area contributed by atoms with Crippen LogP contribution in [-0.4, -0.2) is 97.4 Å². The fraction of sp³-hybridized carbons (Fsp3) is 0.643. The molecule has 3 heterocycles. The molecule has 0 spiro atoms. The number of benzene rings is 1. The number of nitrogens with zero attached hydrogens (tertiary/aromatic N) is 3. The van der Waals surface area contributed by atoms with Gasteiger partial charge < -0.3 is 33.6 Å². The van der Waals surface area contributed by atoms with Crippen molar-refractivity contribution in [1.29, 1.82) is 0 Å². The van der Waals surface area contributed by atoms with Gasteiger partial charge in [-0.2, -0.15) is 0 Å². The minimum absolute atomic E-state index is 0.103. The van der Waals surface area contributed by atoms with Crippen molar-refractivity contribution in [3.05, 3.63) is 23.8 Å². The topological polar surface area (TPSA) is 115 Å². The number of fused-ring (bicyclic) bond motifs is 1. The number of methoxy groups -OCH3 is 1. The second-order valence-electron chi connectivity index (χ2n) is 11.8. The molecular formula is C28H41N3O8. The Morgan fingerprint density at radius 3 is 2.13 bits per heavy atom. The van der Waals surface area contributed by atoms with Gasteiger partial charge in [0, 0.05) is 32.1 Å². The number of ketones is 1. The Hall–Kier alpha value is -3.50. The molecular weight excluding hydrogens is 506 g/mol. The van der Waals surface area contributed by atoms with E-state index in [9.17, 15) is 19.2 Å². The Bertz CT molecular complexity index is 1080. The highest BCUT2D eigenvalue weighted by molar-refractivity contribution is 5.91. The van der Waals surface area contributed by atoms with Gasteiger partial charge in [0.05, 0.1) is 31.5 Å². The zero-order valence-electron chi connectivity index (χ0n) is 24.1. The summed E-state index contributed by atoms with van der Waals surface area (Å²) in [6.07, 6.45) is 0.635. The number of esters is 1. The molecule has 11 nitrogen and oxygen atoms in total. The van der Waals surface area contributed by atoms with Crippen LogP contribution >= 0.6 is 0 Å². The number of amides is 2. The molecule has 4 rings (SSSR count). The number of Topliss-reactive ketones (excluding diaryl/α,β-unsaturated/α-hetero) is 1. The summed E-state index contributed by atoms with van der Waals surface area (Å²) in [7, 11) is 1.37. The average molecular weight is 548 g/mol. The van der Waals surface area contributed by atoms with E-state index in [-0.39, 0.29) is 30.4 Å².